The zero-order valence-corrected chi connectivity index (χ0v) is 6.46. The molecule has 3 heteroatoms. The molecule has 0 aromatic heterocycles. The van der Waals surface area contributed by atoms with Gasteiger partial charge in [-0.3, -0.25) is 10.8 Å². The summed E-state index contributed by atoms with van der Waals surface area (Å²) < 4.78 is 0. The number of aliphatic imine (C=N–C) groups is 1. The molecular weight excluding hydrogens is 138 g/mol. The third kappa shape index (κ3) is 1.56. The first-order valence-corrected chi connectivity index (χ1v) is 3.32. The number of anilines is 1. The van der Waals surface area contributed by atoms with E-state index in [0.717, 1.165) is 16.9 Å². The summed E-state index contributed by atoms with van der Waals surface area (Å²) in [6.07, 6.45) is 0. The second-order valence-corrected chi connectivity index (χ2v) is 2.32. The maximum Gasteiger partial charge on any atom is 0.0869 e. The number of hydrazine groups is 1. The highest BCUT2D eigenvalue weighted by molar-refractivity contribution is 5.67. The van der Waals surface area contributed by atoms with Crippen LogP contribution in [0.3, 0.4) is 0 Å². The molecule has 0 unspecified atom stereocenters. The molecule has 1 aromatic rings. The van der Waals surface area contributed by atoms with Crippen molar-refractivity contribution in [3.8, 4) is 0 Å². The lowest BCUT2D eigenvalue weighted by Gasteiger charge is -2.03. The molecule has 0 saturated carbocycles. The summed E-state index contributed by atoms with van der Waals surface area (Å²) in [6.45, 7) is 5.43. The van der Waals surface area contributed by atoms with Crippen molar-refractivity contribution in [1.82, 2.24) is 0 Å². The van der Waals surface area contributed by atoms with E-state index in [9.17, 15) is 0 Å². The summed E-state index contributed by atoms with van der Waals surface area (Å²) in [5.74, 6) is 5.24. The molecule has 0 amide bonds. The van der Waals surface area contributed by atoms with E-state index in [1.165, 1.54) is 0 Å². The average molecular weight is 149 g/mol. The van der Waals surface area contributed by atoms with Gasteiger partial charge in [-0.25, -0.2) is 0 Å². The Morgan fingerprint density at radius 1 is 1.55 bits per heavy atom. The van der Waals surface area contributed by atoms with Gasteiger partial charge in [-0.1, -0.05) is 6.07 Å². The molecule has 1 aromatic carbocycles. The number of hydrogen-bond acceptors (Lipinski definition) is 3. The predicted octanol–water partition coefficient (Wildman–Crippen LogP) is 1.61. The molecule has 0 saturated heterocycles. The normalized spacial score (nSPS) is 9.27. The zero-order valence-electron chi connectivity index (χ0n) is 6.46. The van der Waals surface area contributed by atoms with E-state index in [2.05, 4.69) is 17.1 Å². The highest BCUT2D eigenvalue weighted by Crippen LogP contribution is 2.23. The van der Waals surface area contributed by atoms with Crippen LogP contribution in [0.15, 0.2) is 23.2 Å². The van der Waals surface area contributed by atoms with Crippen LogP contribution in [0.4, 0.5) is 11.4 Å². The monoisotopic (exact) mass is 149 g/mol. The number of nitrogens with zero attached hydrogens (tertiary/aromatic N) is 1. The Morgan fingerprint density at radius 2 is 2.27 bits per heavy atom. The van der Waals surface area contributed by atoms with Crippen molar-refractivity contribution in [2.24, 2.45) is 10.8 Å². The standard InChI is InChI=1S/C8H11N3/c1-6-3-4-7(11-9)8(5-6)10-2/h3-5,11H,2,9H2,1H3. The number of nitrogen functional groups attached to an aromatic ring is 1. The Morgan fingerprint density at radius 3 is 2.82 bits per heavy atom. The van der Waals surface area contributed by atoms with Crippen molar-refractivity contribution < 1.29 is 0 Å². The van der Waals surface area contributed by atoms with Gasteiger partial charge in [0.2, 0.25) is 0 Å². The van der Waals surface area contributed by atoms with E-state index in [4.69, 9.17) is 5.84 Å². The van der Waals surface area contributed by atoms with Crippen LogP contribution in [-0.2, 0) is 0 Å². The number of nitrogens with two attached hydrogens (primary N) is 1. The van der Waals surface area contributed by atoms with E-state index in [1.54, 1.807) is 0 Å². The van der Waals surface area contributed by atoms with E-state index in [-0.39, 0.29) is 0 Å². The van der Waals surface area contributed by atoms with Gasteiger partial charge < -0.3 is 5.43 Å². The van der Waals surface area contributed by atoms with Gasteiger partial charge in [-0.2, -0.15) is 0 Å². The summed E-state index contributed by atoms with van der Waals surface area (Å²) in [5.41, 5.74) is 5.27. The molecule has 0 spiro atoms. The highest BCUT2D eigenvalue weighted by atomic mass is 15.2. The predicted molar refractivity (Wildman–Crippen MR) is 48.2 cm³/mol. The molecule has 0 atom stereocenters. The lowest BCUT2D eigenvalue weighted by molar-refractivity contribution is 1.32. The van der Waals surface area contributed by atoms with Crippen LogP contribution in [-0.4, -0.2) is 6.72 Å². The molecule has 0 aliphatic heterocycles. The Balaban J connectivity index is 3.16. The second-order valence-electron chi connectivity index (χ2n) is 2.32. The molecule has 58 valence electrons. The largest absolute Gasteiger partial charge is 0.322 e. The fourth-order valence-electron chi connectivity index (χ4n) is 0.895. The molecule has 11 heavy (non-hydrogen) atoms. The maximum absolute atomic E-state index is 5.24. The van der Waals surface area contributed by atoms with E-state index in [1.807, 2.05) is 25.1 Å². The Labute approximate surface area is 65.9 Å². The van der Waals surface area contributed by atoms with Gasteiger partial charge in [-0.15, -0.1) is 0 Å². The number of aryl methyl sites for hydroxylation is 1. The van der Waals surface area contributed by atoms with Gasteiger partial charge in [0.15, 0.2) is 0 Å². The van der Waals surface area contributed by atoms with Crippen molar-refractivity contribution >= 4 is 18.1 Å². The molecule has 0 radical (unpaired) electrons. The Bertz CT molecular complexity index is 268. The molecule has 3 nitrogen and oxygen atoms in total. The summed E-state index contributed by atoms with van der Waals surface area (Å²) >= 11 is 0. The summed E-state index contributed by atoms with van der Waals surface area (Å²) in [6, 6.07) is 5.76. The number of benzene rings is 1. The van der Waals surface area contributed by atoms with Crippen LogP contribution in [0.2, 0.25) is 0 Å². The van der Waals surface area contributed by atoms with E-state index < -0.39 is 0 Å². The fraction of sp³-hybridized carbons (Fsp3) is 0.125. The highest BCUT2D eigenvalue weighted by Gasteiger charge is 1.96. The maximum atomic E-state index is 5.24. The van der Waals surface area contributed by atoms with Crippen LogP contribution in [0.5, 0.6) is 0 Å². The topological polar surface area (TPSA) is 50.4 Å². The zero-order chi connectivity index (χ0) is 8.27. The SMILES string of the molecule is C=Nc1cc(C)ccc1NN. The van der Waals surface area contributed by atoms with Crippen molar-refractivity contribution in [1.29, 1.82) is 0 Å². The minimum atomic E-state index is 0.785. The third-order valence-electron chi connectivity index (χ3n) is 1.48. The minimum Gasteiger partial charge on any atom is -0.322 e. The van der Waals surface area contributed by atoms with Gasteiger partial charge in [0.1, 0.15) is 0 Å². The average Bonchev–Trinajstić information content (AvgIpc) is 2.04. The van der Waals surface area contributed by atoms with Crippen molar-refractivity contribution in [2.45, 2.75) is 6.92 Å². The van der Waals surface area contributed by atoms with Crippen LogP contribution in [0, 0.1) is 6.92 Å². The molecule has 0 fully saturated rings. The van der Waals surface area contributed by atoms with Gasteiger partial charge in [0, 0.05) is 0 Å². The van der Waals surface area contributed by atoms with Crippen LogP contribution >= 0.6 is 0 Å². The summed E-state index contributed by atoms with van der Waals surface area (Å²) in [4.78, 5) is 3.81. The van der Waals surface area contributed by atoms with Crippen molar-refractivity contribution in [3.05, 3.63) is 23.8 Å². The molecule has 0 bridgehead atoms. The molecule has 0 aliphatic rings. The molecule has 1 rings (SSSR count). The smallest absolute Gasteiger partial charge is 0.0869 e. The van der Waals surface area contributed by atoms with E-state index in [0.29, 0.717) is 0 Å². The van der Waals surface area contributed by atoms with Crippen LogP contribution < -0.4 is 11.3 Å². The lowest BCUT2D eigenvalue weighted by atomic mass is 10.2. The summed E-state index contributed by atoms with van der Waals surface area (Å²) in [5, 5.41) is 0. The number of nitrogens with one attached hydrogen (secondary N) is 1. The van der Waals surface area contributed by atoms with Gasteiger partial charge in [-0.05, 0) is 31.3 Å². The van der Waals surface area contributed by atoms with E-state index >= 15 is 0 Å². The summed E-state index contributed by atoms with van der Waals surface area (Å²) in [7, 11) is 0. The van der Waals surface area contributed by atoms with Crippen molar-refractivity contribution in [3.63, 3.8) is 0 Å². The Hall–Kier alpha value is -1.35. The molecule has 3 N–H and O–H groups in total. The van der Waals surface area contributed by atoms with Gasteiger partial charge >= 0.3 is 0 Å². The Kier molecular flexibility index (Phi) is 2.23. The van der Waals surface area contributed by atoms with Crippen LogP contribution in [0.25, 0.3) is 0 Å². The molecule has 0 aliphatic carbocycles. The second kappa shape index (κ2) is 3.16. The van der Waals surface area contributed by atoms with Crippen LogP contribution in [0.1, 0.15) is 5.56 Å². The van der Waals surface area contributed by atoms with Gasteiger partial charge in [0.05, 0.1) is 11.4 Å². The lowest BCUT2D eigenvalue weighted by Crippen LogP contribution is -2.06. The first kappa shape index (κ1) is 7.75. The van der Waals surface area contributed by atoms with Gasteiger partial charge in [0.25, 0.3) is 0 Å². The minimum absolute atomic E-state index is 0.785. The molecule has 0 heterocycles. The number of rotatable bonds is 2. The fourth-order valence-corrected chi connectivity index (χ4v) is 0.895. The first-order valence-electron chi connectivity index (χ1n) is 3.32. The number of hydrogen-bond donors (Lipinski definition) is 2. The van der Waals surface area contributed by atoms with Crippen molar-refractivity contribution in [2.75, 3.05) is 5.43 Å². The quantitative estimate of drug-likeness (QED) is 0.381. The molecular formula is C8H11N3. The third-order valence-corrected chi connectivity index (χ3v) is 1.48. The first-order chi connectivity index (χ1) is 5.27.